The van der Waals surface area contributed by atoms with E-state index in [2.05, 4.69) is 24.5 Å². The molecule has 2 fully saturated rings. The number of hydrogen-bond acceptors (Lipinski definition) is 2. The fourth-order valence-electron chi connectivity index (χ4n) is 3.94. The van der Waals surface area contributed by atoms with Gasteiger partial charge in [0, 0.05) is 12.5 Å². The molecule has 2 aliphatic rings. The van der Waals surface area contributed by atoms with Crippen molar-refractivity contribution in [3.8, 4) is 0 Å². The molecule has 1 heterocycles. The maximum absolute atomic E-state index is 12.5. The Balaban J connectivity index is 0.00000242. The minimum absolute atomic E-state index is 0. The van der Waals surface area contributed by atoms with Crippen LogP contribution in [0.3, 0.4) is 0 Å². The molecule has 0 bridgehead atoms. The third-order valence-electron chi connectivity index (χ3n) is 5.71. The minimum atomic E-state index is 0. The van der Waals surface area contributed by atoms with Crippen LogP contribution in [0.4, 0.5) is 0 Å². The molecule has 2 N–H and O–H groups in total. The van der Waals surface area contributed by atoms with E-state index in [1.807, 2.05) is 0 Å². The number of hydrogen-bond donors (Lipinski definition) is 2. The predicted molar refractivity (Wildman–Crippen MR) is 95.4 cm³/mol. The summed E-state index contributed by atoms with van der Waals surface area (Å²) >= 11 is 0. The van der Waals surface area contributed by atoms with Crippen molar-refractivity contribution in [3.05, 3.63) is 0 Å². The van der Waals surface area contributed by atoms with E-state index in [1.54, 1.807) is 0 Å². The van der Waals surface area contributed by atoms with Gasteiger partial charge in [-0.05, 0) is 50.1 Å². The first-order chi connectivity index (χ1) is 10.1. The quantitative estimate of drug-likeness (QED) is 0.775. The number of carbonyl (C=O) groups is 1. The SMILES string of the molecule is CCC(CC1CCCCC1)C(=O)NCC1(C)CCNCC1.Cl. The maximum atomic E-state index is 12.5. The highest BCUT2D eigenvalue weighted by molar-refractivity contribution is 5.85. The van der Waals surface area contributed by atoms with Gasteiger partial charge in [-0.15, -0.1) is 12.4 Å². The topological polar surface area (TPSA) is 41.1 Å². The number of carbonyl (C=O) groups excluding carboxylic acids is 1. The first-order valence-corrected chi connectivity index (χ1v) is 9.11. The fraction of sp³-hybridized carbons (Fsp3) is 0.944. The highest BCUT2D eigenvalue weighted by atomic mass is 35.5. The largest absolute Gasteiger partial charge is 0.355 e. The Morgan fingerprint density at radius 1 is 1.23 bits per heavy atom. The van der Waals surface area contributed by atoms with E-state index in [0.717, 1.165) is 38.4 Å². The monoisotopic (exact) mass is 330 g/mol. The molecule has 0 spiro atoms. The van der Waals surface area contributed by atoms with Gasteiger partial charge in [0.2, 0.25) is 5.91 Å². The molecule has 3 nitrogen and oxygen atoms in total. The number of nitrogens with one attached hydrogen (secondary N) is 2. The third-order valence-corrected chi connectivity index (χ3v) is 5.71. The van der Waals surface area contributed by atoms with E-state index in [9.17, 15) is 4.79 Å². The Morgan fingerprint density at radius 3 is 2.45 bits per heavy atom. The summed E-state index contributed by atoms with van der Waals surface area (Å²) in [4.78, 5) is 12.5. The standard InChI is InChI=1S/C18H34N2O.ClH/c1-3-16(13-15-7-5-4-6-8-15)17(21)20-14-18(2)9-11-19-12-10-18;/h15-16,19H,3-14H2,1-2H3,(H,20,21);1H. The predicted octanol–water partition coefficient (Wildman–Crippen LogP) is 3.91. The smallest absolute Gasteiger partial charge is 0.223 e. The molecular weight excluding hydrogens is 296 g/mol. The van der Waals surface area contributed by atoms with Crippen molar-refractivity contribution in [2.24, 2.45) is 17.3 Å². The fourth-order valence-corrected chi connectivity index (χ4v) is 3.94. The molecule has 1 saturated heterocycles. The van der Waals surface area contributed by atoms with Crippen LogP contribution < -0.4 is 10.6 Å². The Hall–Kier alpha value is -0.280. The molecule has 1 aliphatic heterocycles. The van der Waals surface area contributed by atoms with Crippen molar-refractivity contribution in [2.75, 3.05) is 19.6 Å². The van der Waals surface area contributed by atoms with Crippen LogP contribution in [0.25, 0.3) is 0 Å². The molecule has 0 aromatic rings. The van der Waals surface area contributed by atoms with Crippen molar-refractivity contribution < 1.29 is 4.79 Å². The second kappa shape index (κ2) is 9.77. The van der Waals surface area contributed by atoms with Gasteiger partial charge in [-0.2, -0.15) is 0 Å². The van der Waals surface area contributed by atoms with E-state index in [1.165, 1.54) is 44.9 Å². The Morgan fingerprint density at radius 2 is 1.86 bits per heavy atom. The van der Waals surface area contributed by atoms with Crippen molar-refractivity contribution >= 4 is 18.3 Å². The van der Waals surface area contributed by atoms with E-state index < -0.39 is 0 Å². The zero-order valence-corrected chi connectivity index (χ0v) is 15.3. The van der Waals surface area contributed by atoms with Gasteiger partial charge in [-0.1, -0.05) is 46.0 Å². The van der Waals surface area contributed by atoms with Crippen molar-refractivity contribution in [1.82, 2.24) is 10.6 Å². The average molecular weight is 331 g/mol. The number of halogens is 1. The highest BCUT2D eigenvalue weighted by Gasteiger charge is 2.29. The lowest BCUT2D eigenvalue weighted by Gasteiger charge is -2.34. The molecule has 1 saturated carbocycles. The molecule has 0 aromatic carbocycles. The summed E-state index contributed by atoms with van der Waals surface area (Å²) in [7, 11) is 0. The first kappa shape index (κ1) is 19.8. The van der Waals surface area contributed by atoms with Crippen LogP contribution in [0.5, 0.6) is 0 Å². The van der Waals surface area contributed by atoms with E-state index in [0.29, 0.717) is 11.3 Å². The Kier molecular flexibility index (Phi) is 8.78. The van der Waals surface area contributed by atoms with Crippen LogP contribution in [-0.4, -0.2) is 25.5 Å². The Labute approximate surface area is 142 Å². The van der Waals surface area contributed by atoms with E-state index >= 15 is 0 Å². The minimum Gasteiger partial charge on any atom is -0.355 e. The zero-order valence-electron chi connectivity index (χ0n) is 14.5. The summed E-state index contributed by atoms with van der Waals surface area (Å²) in [6.07, 6.45) is 11.3. The van der Waals surface area contributed by atoms with Crippen molar-refractivity contribution in [3.63, 3.8) is 0 Å². The van der Waals surface area contributed by atoms with Crippen LogP contribution in [0.1, 0.15) is 71.6 Å². The third kappa shape index (κ3) is 6.08. The van der Waals surface area contributed by atoms with Crippen molar-refractivity contribution in [2.45, 2.75) is 71.6 Å². The van der Waals surface area contributed by atoms with Gasteiger partial charge in [0.25, 0.3) is 0 Å². The van der Waals surface area contributed by atoms with Gasteiger partial charge < -0.3 is 10.6 Å². The van der Waals surface area contributed by atoms with Crippen LogP contribution in [-0.2, 0) is 4.79 Å². The van der Waals surface area contributed by atoms with Gasteiger partial charge in [0.1, 0.15) is 0 Å². The van der Waals surface area contributed by atoms with Crippen LogP contribution in [0.2, 0.25) is 0 Å². The van der Waals surface area contributed by atoms with Gasteiger partial charge >= 0.3 is 0 Å². The lowest BCUT2D eigenvalue weighted by Crippen LogP contribution is -2.44. The van der Waals surface area contributed by atoms with Gasteiger partial charge in [0.15, 0.2) is 0 Å². The van der Waals surface area contributed by atoms with Gasteiger partial charge in [0.05, 0.1) is 0 Å². The summed E-state index contributed by atoms with van der Waals surface area (Å²) in [5.41, 5.74) is 0.296. The molecule has 0 radical (unpaired) electrons. The van der Waals surface area contributed by atoms with Crippen LogP contribution in [0, 0.1) is 17.3 Å². The normalized spacial score (nSPS) is 23.4. The lowest BCUT2D eigenvalue weighted by atomic mass is 9.80. The molecule has 1 unspecified atom stereocenters. The maximum Gasteiger partial charge on any atom is 0.223 e. The van der Waals surface area contributed by atoms with Crippen molar-refractivity contribution in [1.29, 1.82) is 0 Å². The van der Waals surface area contributed by atoms with Gasteiger partial charge in [-0.25, -0.2) is 0 Å². The summed E-state index contributed by atoms with van der Waals surface area (Å²) in [5.74, 6) is 1.34. The molecule has 1 amide bonds. The summed E-state index contributed by atoms with van der Waals surface area (Å²) < 4.78 is 0. The molecule has 22 heavy (non-hydrogen) atoms. The number of piperidine rings is 1. The number of amides is 1. The van der Waals surface area contributed by atoms with Gasteiger partial charge in [-0.3, -0.25) is 4.79 Å². The lowest BCUT2D eigenvalue weighted by molar-refractivity contribution is -0.126. The highest BCUT2D eigenvalue weighted by Crippen LogP contribution is 2.31. The average Bonchev–Trinajstić information content (AvgIpc) is 2.52. The first-order valence-electron chi connectivity index (χ1n) is 9.11. The molecular formula is C18H35ClN2O. The van der Waals surface area contributed by atoms with Crippen LogP contribution >= 0.6 is 12.4 Å². The summed E-state index contributed by atoms with van der Waals surface area (Å²) in [6, 6.07) is 0. The molecule has 130 valence electrons. The molecule has 4 heteroatoms. The zero-order chi connectivity index (χ0) is 15.1. The number of rotatable bonds is 6. The second-order valence-corrected chi connectivity index (χ2v) is 7.62. The molecule has 1 aliphatic carbocycles. The van der Waals surface area contributed by atoms with Crippen LogP contribution in [0.15, 0.2) is 0 Å². The molecule has 0 aromatic heterocycles. The van der Waals surface area contributed by atoms with E-state index in [-0.39, 0.29) is 18.3 Å². The van der Waals surface area contributed by atoms with E-state index in [4.69, 9.17) is 0 Å². The second-order valence-electron chi connectivity index (χ2n) is 7.62. The summed E-state index contributed by atoms with van der Waals surface area (Å²) in [6.45, 7) is 7.52. The molecule has 1 atom stereocenters. The molecule has 2 rings (SSSR count). The summed E-state index contributed by atoms with van der Waals surface area (Å²) in [5, 5.41) is 6.67. The Bertz CT molecular complexity index is 323.